The van der Waals surface area contributed by atoms with Crippen LogP contribution in [0.5, 0.6) is 0 Å². The number of nitrogens with one attached hydrogen (secondary N) is 1. The zero-order valence-electron chi connectivity index (χ0n) is 9.55. The highest BCUT2D eigenvalue weighted by Gasteiger charge is 2.23. The van der Waals surface area contributed by atoms with Crippen LogP contribution >= 0.6 is 0 Å². The first kappa shape index (κ1) is 11.1. The number of nitrogen functional groups attached to an aromatic ring is 1. The van der Waals surface area contributed by atoms with Gasteiger partial charge in [-0.3, -0.25) is 5.43 Å². The number of morpholine rings is 1. The first-order valence-electron chi connectivity index (χ1n) is 5.39. The van der Waals surface area contributed by atoms with Crippen molar-refractivity contribution in [2.75, 3.05) is 23.4 Å². The molecule has 0 radical (unpaired) electrons. The molecule has 3 N–H and O–H groups in total. The van der Waals surface area contributed by atoms with E-state index in [1.54, 1.807) is 6.20 Å². The van der Waals surface area contributed by atoms with E-state index in [-0.39, 0.29) is 12.2 Å². The van der Waals surface area contributed by atoms with E-state index >= 15 is 0 Å². The maximum absolute atomic E-state index is 5.67. The van der Waals surface area contributed by atoms with Gasteiger partial charge >= 0.3 is 0 Å². The molecule has 0 bridgehead atoms. The Bertz CT molecular complexity index is 349. The molecular weight excluding hydrogens is 206 g/mol. The van der Waals surface area contributed by atoms with Crippen molar-refractivity contribution in [1.29, 1.82) is 0 Å². The number of hydrazine groups is 1. The fourth-order valence-electron chi connectivity index (χ4n) is 1.96. The molecule has 2 unspecified atom stereocenters. The minimum Gasteiger partial charge on any atom is -0.372 e. The number of ether oxygens (including phenoxy) is 1. The molecular formula is C10H17N5O. The van der Waals surface area contributed by atoms with Crippen LogP contribution in [0.3, 0.4) is 0 Å². The maximum atomic E-state index is 5.67. The summed E-state index contributed by atoms with van der Waals surface area (Å²) in [7, 11) is 0. The van der Waals surface area contributed by atoms with Crippen LogP contribution in [0.2, 0.25) is 0 Å². The van der Waals surface area contributed by atoms with Crippen LogP contribution in [-0.2, 0) is 4.74 Å². The van der Waals surface area contributed by atoms with E-state index in [0.717, 1.165) is 18.9 Å². The average Bonchev–Trinajstić information content (AvgIpc) is 2.28. The number of rotatable bonds is 2. The lowest BCUT2D eigenvalue weighted by Crippen LogP contribution is -2.45. The summed E-state index contributed by atoms with van der Waals surface area (Å²) in [6.07, 6.45) is 2.13. The van der Waals surface area contributed by atoms with Crippen LogP contribution in [0.15, 0.2) is 12.3 Å². The van der Waals surface area contributed by atoms with Gasteiger partial charge in [0, 0.05) is 19.3 Å². The smallest absolute Gasteiger partial charge is 0.239 e. The molecule has 16 heavy (non-hydrogen) atoms. The maximum Gasteiger partial charge on any atom is 0.239 e. The third kappa shape index (κ3) is 2.40. The van der Waals surface area contributed by atoms with Gasteiger partial charge in [0.1, 0.15) is 5.82 Å². The monoisotopic (exact) mass is 223 g/mol. The molecule has 1 aliphatic rings. The molecule has 0 amide bonds. The van der Waals surface area contributed by atoms with Crippen molar-refractivity contribution in [1.82, 2.24) is 9.97 Å². The average molecular weight is 223 g/mol. The second kappa shape index (κ2) is 4.63. The number of anilines is 2. The molecule has 88 valence electrons. The molecule has 1 aliphatic heterocycles. The van der Waals surface area contributed by atoms with Gasteiger partial charge in [0.05, 0.1) is 12.2 Å². The van der Waals surface area contributed by atoms with Crippen LogP contribution in [0.4, 0.5) is 11.8 Å². The van der Waals surface area contributed by atoms with Gasteiger partial charge in [0.25, 0.3) is 0 Å². The second-order valence-electron chi connectivity index (χ2n) is 4.05. The molecule has 1 aromatic heterocycles. The van der Waals surface area contributed by atoms with Crippen LogP contribution < -0.4 is 16.2 Å². The molecule has 0 aromatic carbocycles. The molecule has 1 fully saturated rings. The van der Waals surface area contributed by atoms with Crippen LogP contribution in [0, 0.1) is 0 Å². The molecule has 0 saturated carbocycles. The van der Waals surface area contributed by atoms with E-state index in [9.17, 15) is 0 Å². The summed E-state index contributed by atoms with van der Waals surface area (Å²) >= 11 is 0. The summed E-state index contributed by atoms with van der Waals surface area (Å²) < 4.78 is 5.67. The Labute approximate surface area is 94.8 Å². The Kier molecular flexibility index (Phi) is 3.21. The standard InChI is InChI=1S/C10H17N5O/c1-7-5-15(6-8(2)16-7)9-3-4-12-10(13-9)14-11/h3-4,7-8H,5-6,11H2,1-2H3,(H,12,13,14). The summed E-state index contributed by atoms with van der Waals surface area (Å²) in [6.45, 7) is 5.80. The third-order valence-electron chi connectivity index (χ3n) is 2.51. The zero-order valence-corrected chi connectivity index (χ0v) is 9.55. The van der Waals surface area contributed by atoms with Gasteiger partial charge in [-0.15, -0.1) is 0 Å². The normalized spacial score (nSPS) is 25.6. The Balaban J connectivity index is 2.16. The lowest BCUT2D eigenvalue weighted by Gasteiger charge is -2.36. The molecule has 1 saturated heterocycles. The minimum atomic E-state index is 0.216. The van der Waals surface area contributed by atoms with E-state index in [1.165, 1.54) is 0 Å². The Morgan fingerprint density at radius 1 is 1.44 bits per heavy atom. The van der Waals surface area contributed by atoms with Crippen molar-refractivity contribution in [3.8, 4) is 0 Å². The third-order valence-corrected chi connectivity index (χ3v) is 2.51. The van der Waals surface area contributed by atoms with Crippen LogP contribution in [-0.4, -0.2) is 35.3 Å². The number of hydrogen-bond donors (Lipinski definition) is 2. The summed E-state index contributed by atoms with van der Waals surface area (Å²) in [5.74, 6) is 6.60. The van der Waals surface area contributed by atoms with Crippen LogP contribution in [0.25, 0.3) is 0 Å². The summed E-state index contributed by atoms with van der Waals surface area (Å²) in [5.41, 5.74) is 2.45. The molecule has 2 atom stereocenters. The van der Waals surface area contributed by atoms with Gasteiger partial charge in [-0.2, -0.15) is 4.98 Å². The highest BCUT2D eigenvalue weighted by Crippen LogP contribution is 2.18. The van der Waals surface area contributed by atoms with Crippen molar-refractivity contribution in [2.45, 2.75) is 26.1 Å². The first-order valence-corrected chi connectivity index (χ1v) is 5.39. The van der Waals surface area contributed by atoms with Crippen LogP contribution in [0.1, 0.15) is 13.8 Å². The molecule has 6 heteroatoms. The van der Waals surface area contributed by atoms with E-state index < -0.39 is 0 Å². The van der Waals surface area contributed by atoms with Gasteiger partial charge in [0.2, 0.25) is 5.95 Å². The zero-order chi connectivity index (χ0) is 11.5. The summed E-state index contributed by atoms with van der Waals surface area (Å²) in [6, 6.07) is 1.88. The van der Waals surface area contributed by atoms with Gasteiger partial charge in [0.15, 0.2) is 0 Å². The quantitative estimate of drug-likeness (QED) is 0.557. The molecule has 0 spiro atoms. The lowest BCUT2D eigenvalue weighted by atomic mass is 10.2. The van der Waals surface area contributed by atoms with Crippen molar-refractivity contribution >= 4 is 11.8 Å². The second-order valence-corrected chi connectivity index (χ2v) is 4.05. The number of aromatic nitrogens is 2. The van der Waals surface area contributed by atoms with Crippen molar-refractivity contribution in [2.24, 2.45) is 5.84 Å². The van der Waals surface area contributed by atoms with E-state index in [4.69, 9.17) is 10.6 Å². The van der Waals surface area contributed by atoms with E-state index in [0.29, 0.717) is 5.95 Å². The number of hydrogen-bond acceptors (Lipinski definition) is 6. The predicted molar refractivity (Wildman–Crippen MR) is 62.1 cm³/mol. The molecule has 2 rings (SSSR count). The van der Waals surface area contributed by atoms with Gasteiger partial charge in [-0.25, -0.2) is 10.8 Å². The van der Waals surface area contributed by atoms with Crippen molar-refractivity contribution in [3.63, 3.8) is 0 Å². The summed E-state index contributed by atoms with van der Waals surface area (Å²) in [5, 5.41) is 0. The Hall–Kier alpha value is -1.40. The number of nitrogens with zero attached hydrogens (tertiary/aromatic N) is 3. The SMILES string of the molecule is CC1CN(c2ccnc(NN)n2)CC(C)O1. The minimum absolute atomic E-state index is 0.216. The fourth-order valence-corrected chi connectivity index (χ4v) is 1.96. The van der Waals surface area contributed by atoms with Gasteiger partial charge < -0.3 is 9.64 Å². The highest BCUT2D eigenvalue weighted by molar-refractivity contribution is 5.42. The number of nitrogens with two attached hydrogens (primary N) is 1. The summed E-state index contributed by atoms with van der Waals surface area (Å²) in [4.78, 5) is 10.5. The highest BCUT2D eigenvalue weighted by atomic mass is 16.5. The van der Waals surface area contributed by atoms with E-state index in [2.05, 4.69) is 34.1 Å². The Morgan fingerprint density at radius 2 is 2.12 bits per heavy atom. The predicted octanol–water partition coefficient (Wildman–Crippen LogP) is 0.376. The topological polar surface area (TPSA) is 76.3 Å². The molecule has 1 aromatic rings. The molecule has 2 heterocycles. The van der Waals surface area contributed by atoms with Crippen molar-refractivity contribution in [3.05, 3.63) is 12.3 Å². The van der Waals surface area contributed by atoms with Gasteiger partial charge in [-0.05, 0) is 19.9 Å². The Morgan fingerprint density at radius 3 is 2.75 bits per heavy atom. The first-order chi connectivity index (χ1) is 7.69. The molecule has 6 nitrogen and oxygen atoms in total. The molecule has 0 aliphatic carbocycles. The largest absolute Gasteiger partial charge is 0.372 e. The van der Waals surface area contributed by atoms with Crippen molar-refractivity contribution < 1.29 is 4.74 Å². The van der Waals surface area contributed by atoms with E-state index in [1.807, 2.05) is 6.07 Å². The van der Waals surface area contributed by atoms with Gasteiger partial charge in [-0.1, -0.05) is 0 Å². The fraction of sp³-hybridized carbons (Fsp3) is 0.600. The lowest BCUT2D eigenvalue weighted by molar-refractivity contribution is -0.00545.